The summed E-state index contributed by atoms with van der Waals surface area (Å²) >= 11 is 0. The van der Waals surface area contributed by atoms with Crippen molar-refractivity contribution in [1.29, 1.82) is 0 Å². The lowest BCUT2D eigenvalue weighted by Crippen LogP contribution is -2.50. The molecule has 4 nitrogen and oxygen atoms in total. The first-order valence-electron chi connectivity index (χ1n) is 9.95. The van der Waals surface area contributed by atoms with Gasteiger partial charge in [0.25, 0.3) is 0 Å². The van der Waals surface area contributed by atoms with Crippen LogP contribution in [0.1, 0.15) is 51.5 Å². The number of hydrogen-bond donors (Lipinski definition) is 1. The van der Waals surface area contributed by atoms with E-state index in [1.165, 1.54) is 18.4 Å². The Morgan fingerprint density at radius 2 is 1.84 bits per heavy atom. The van der Waals surface area contributed by atoms with Crippen LogP contribution in [-0.4, -0.2) is 47.5 Å². The standard InChI is InChI=1S/C21H33N3O/c1-17(2)10-15-24(20-8-9-20)21(25)22-19-11-13-23(14-12-19)16-18-6-4-3-5-7-18/h3-7,17,19-20H,8-16H2,1-2H3,(H,22,25). The first kappa shape index (κ1) is 18.2. The van der Waals surface area contributed by atoms with E-state index in [9.17, 15) is 4.79 Å². The zero-order valence-electron chi connectivity index (χ0n) is 15.8. The highest BCUT2D eigenvalue weighted by atomic mass is 16.2. The highest BCUT2D eigenvalue weighted by Crippen LogP contribution is 2.27. The van der Waals surface area contributed by atoms with Gasteiger partial charge in [-0.1, -0.05) is 44.2 Å². The molecule has 2 fully saturated rings. The second-order valence-electron chi connectivity index (χ2n) is 8.09. The lowest BCUT2D eigenvalue weighted by molar-refractivity contribution is 0.165. The molecule has 3 rings (SSSR count). The molecule has 0 atom stereocenters. The molecule has 25 heavy (non-hydrogen) atoms. The molecule has 1 saturated heterocycles. The summed E-state index contributed by atoms with van der Waals surface area (Å²) in [6, 6.07) is 11.7. The number of likely N-dealkylation sites (tertiary alicyclic amines) is 1. The van der Waals surface area contributed by atoms with Crippen LogP contribution < -0.4 is 5.32 Å². The SMILES string of the molecule is CC(C)CCN(C(=O)NC1CCN(Cc2ccccc2)CC1)C1CC1. The molecule has 4 heteroatoms. The topological polar surface area (TPSA) is 35.6 Å². The number of carbonyl (C=O) groups is 1. The molecular formula is C21H33N3O. The van der Waals surface area contributed by atoms with Crippen molar-refractivity contribution in [2.45, 2.75) is 64.6 Å². The first-order valence-corrected chi connectivity index (χ1v) is 9.95. The van der Waals surface area contributed by atoms with Crippen molar-refractivity contribution in [3.8, 4) is 0 Å². The molecule has 0 spiro atoms. The zero-order chi connectivity index (χ0) is 17.6. The number of nitrogens with one attached hydrogen (secondary N) is 1. The number of urea groups is 1. The van der Waals surface area contributed by atoms with E-state index in [0.29, 0.717) is 18.0 Å². The van der Waals surface area contributed by atoms with E-state index in [-0.39, 0.29) is 6.03 Å². The van der Waals surface area contributed by atoms with Gasteiger partial charge in [-0.3, -0.25) is 4.90 Å². The van der Waals surface area contributed by atoms with E-state index in [1.807, 2.05) is 0 Å². The predicted octanol–water partition coefficient (Wildman–Crippen LogP) is 3.87. The fourth-order valence-corrected chi connectivity index (χ4v) is 3.57. The molecule has 1 N–H and O–H groups in total. The van der Waals surface area contributed by atoms with Crippen LogP contribution in [0.4, 0.5) is 4.79 Å². The molecule has 0 aromatic heterocycles. The minimum Gasteiger partial charge on any atom is -0.335 e. The molecule has 1 heterocycles. The van der Waals surface area contributed by atoms with Crippen LogP contribution in [0.3, 0.4) is 0 Å². The van der Waals surface area contributed by atoms with Crippen molar-refractivity contribution in [1.82, 2.24) is 15.1 Å². The third-order valence-corrected chi connectivity index (χ3v) is 5.36. The normalized spacial score (nSPS) is 19.2. The minimum absolute atomic E-state index is 0.171. The van der Waals surface area contributed by atoms with Crippen LogP contribution in [0.15, 0.2) is 30.3 Å². The lowest BCUT2D eigenvalue weighted by Gasteiger charge is -2.34. The predicted molar refractivity (Wildman–Crippen MR) is 102 cm³/mol. The van der Waals surface area contributed by atoms with Crippen molar-refractivity contribution in [3.05, 3.63) is 35.9 Å². The second-order valence-corrected chi connectivity index (χ2v) is 8.09. The fourth-order valence-electron chi connectivity index (χ4n) is 3.57. The Morgan fingerprint density at radius 1 is 1.16 bits per heavy atom. The maximum Gasteiger partial charge on any atom is 0.317 e. The van der Waals surface area contributed by atoms with Gasteiger partial charge in [-0.05, 0) is 43.6 Å². The lowest BCUT2D eigenvalue weighted by atomic mass is 10.0. The summed E-state index contributed by atoms with van der Waals surface area (Å²) in [5.74, 6) is 0.648. The molecule has 1 saturated carbocycles. The maximum absolute atomic E-state index is 12.7. The van der Waals surface area contributed by atoms with Crippen LogP contribution in [0.25, 0.3) is 0 Å². The quantitative estimate of drug-likeness (QED) is 0.816. The summed E-state index contributed by atoms with van der Waals surface area (Å²) in [4.78, 5) is 17.3. The van der Waals surface area contributed by atoms with E-state index < -0.39 is 0 Å². The van der Waals surface area contributed by atoms with Gasteiger partial charge in [-0.15, -0.1) is 0 Å². The number of rotatable bonds is 7. The van der Waals surface area contributed by atoms with Crippen molar-refractivity contribution in [2.75, 3.05) is 19.6 Å². The molecule has 1 aromatic carbocycles. The summed E-state index contributed by atoms with van der Waals surface area (Å²) in [5.41, 5.74) is 1.37. The molecule has 0 bridgehead atoms. The van der Waals surface area contributed by atoms with Crippen molar-refractivity contribution < 1.29 is 4.79 Å². The van der Waals surface area contributed by atoms with Crippen molar-refractivity contribution >= 4 is 6.03 Å². The van der Waals surface area contributed by atoms with Gasteiger partial charge in [-0.2, -0.15) is 0 Å². The van der Waals surface area contributed by atoms with Gasteiger partial charge in [0.15, 0.2) is 0 Å². The fraction of sp³-hybridized carbons (Fsp3) is 0.667. The van der Waals surface area contributed by atoms with E-state index in [0.717, 1.165) is 45.4 Å². The van der Waals surface area contributed by atoms with E-state index in [2.05, 4.69) is 59.3 Å². The Hall–Kier alpha value is -1.55. The van der Waals surface area contributed by atoms with Crippen LogP contribution in [-0.2, 0) is 6.54 Å². The Bertz CT molecular complexity index is 533. The van der Waals surface area contributed by atoms with Gasteiger partial charge >= 0.3 is 6.03 Å². The number of nitrogens with zero attached hydrogens (tertiary/aromatic N) is 2. The van der Waals surface area contributed by atoms with Crippen LogP contribution in [0, 0.1) is 5.92 Å². The maximum atomic E-state index is 12.7. The summed E-state index contributed by atoms with van der Waals surface area (Å²) in [5, 5.41) is 3.31. The number of benzene rings is 1. The smallest absolute Gasteiger partial charge is 0.317 e. The van der Waals surface area contributed by atoms with Gasteiger partial charge in [0.05, 0.1) is 0 Å². The Morgan fingerprint density at radius 3 is 2.44 bits per heavy atom. The molecule has 0 radical (unpaired) electrons. The third-order valence-electron chi connectivity index (χ3n) is 5.36. The average Bonchev–Trinajstić information content (AvgIpc) is 3.42. The van der Waals surface area contributed by atoms with Crippen molar-refractivity contribution in [2.24, 2.45) is 5.92 Å². The second kappa shape index (κ2) is 8.70. The zero-order valence-corrected chi connectivity index (χ0v) is 15.8. The summed E-state index contributed by atoms with van der Waals surface area (Å²) < 4.78 is 0. The molecule has 1 aliphatic carbocycles. The van der Waals surface area contributed by atoms with Gasteiger partial charge < -0.3 is 10.2 Å². The van der Waals surface area contributed by atoms with E-state index in [1.54, 1.807) is 0 Å². The number of amides is 2. The van der Waals surface area contributed by atoms with Crippen LogP contribution in [0.5, 0.6) is 0 Å². The van der Waals surface area contributed by atoms with Gasteiger partial charge in [0, 0.05) is 38.3 Å². The molecule has 1 aliphatic heterocycles. The van der Waals surface area contributed by atoms with Gasteiger partial charge in [-0.25, -0.2) is 4.79 Å². The number of carbonyl (C=O) groups excluding carboxylic acids is 1. The molecule has 138 valence electrons. The summed E-state index contributed by atoms with van der Waals surface area (Å²) in [7, 11) is 0. The Kier molecular flexibility index (Phi) is 6.35. The highest BCUT2D eigenvalue weighted by molar-refractivity contribution is 5.75. The largest absolute Gasteiger partial charge is 0.335 e. The molecular weight excluding hydrogens is 310 g/mol. The van der Waals surface area contributed by atoms with E-state index in [4.69, 9.17) is 0 Å². The number of piperidine rings is 1. The van der Waals surface area contributed by atoms with E-state index >= 15 is 0 Å². The van der Waals surface area contributed by atoms with Gasteiger partial charge in [0.1, 0.15) is 0 Å². The van der Waals surface area contributed by atoms with Crippen LogP contribution >= 0.6 is 0 Å². The first-order chi connectivity index (χ1) is 12.1. The number of hydrogen-bond acceptors (Lipinski definition) is 2. The third kappa shape index (κ3) is 5.74. The molecule has 2 aliphatic rings. The Labute approximate surface area is 152 Å². The summed E-state index contributed by atoms with van der Waals surface area (Å²) in [6.45, 7) is 8.51. The monoisotopic (exact) mass is 343 g/mol. The van der Waals surface area contributed by atoms with Gasteiger partial charge in [0.2, 0.25) is 0 Å². The Balaban J connectivity index is 1.42. The molecule has 0 unspecified atom stereocenters. The van der Waals surface area contributed by atoms with Crippen molar-refractivity contribution in [3.63, 3.8) is 0 Å². The molecule has 2 amide bonds. The minimum atomic E-state index is 0.171. The van der Waals surface area contributed by atoms with Crippen LogP contribution in [0.2, 0.25) is 0 Å². The molecule has 1 aromatic rings. The summed E-state index contributed by atoms with van der Waals surface area (Å²) in [6.07, 6.45) is 5.57. The highest BCUT2D eigenvalue weighted by Gasteiger charge is 2.33. The average molecular weight is 344 g/mol.